The zero-order valence-corrected chi connectivity index (χ0v) is 10.5. The van der Waals surface area contributed by atoms with Crippen molar-refractivity contribution in [2.24, 2.45) is 5.92 Å². The van der Waals surface area contributed by atoms with Crippen molar-refractivity contribution in [3.05, 3.63) is 11.1 Å². The Morgan fingerprint density at radius 2 is 1.80 bits per heavy atom. The van der Waals surface area contributed by atoms with Crippen molar-refractivity contribution >= 4 is 5.78 Å². The summed E-state index contributed by atoms with van der Waals surface area (Å²) in [7, 11) is 0. The average Bonchev–Trinajstić information content (AvgIpc) is 2.18. The monoisotopic (exact) mass is 209 g/mol. The van der Waals surface area contributed by atoms with E-state index in [1.54, 1.807) is 12.5 Å². The second-order valence-electron chi connectivity index (χ2n) is 4.92. The van der Waals surface area contributed by atoms with Gasteiger partial charge in [-0.05, 0) is 33.6 Å². The minimum atomic E-state index is 0.193. The van der Waals surface area contributed by atoms with Crippen molar-refractivity contribution < 1.29 is 4.79 Å². The summed E-state index contributed by atoms with van der Waals surface area (Å²) in [5.74, 6) is 0.501. The smallest absolute Gasteiger partial charge is 0.133 e. The van der Waals surface area contributed by atoms with Gasteiger partial charge in [0.25, 0.3) is 0 Å². The van der Waals surface area contributed by atoms with E-state index in [9.17, 15) is 4.79 Å². The van der Waals surface area contributed by atoms with Gasteiger partial charge in [0.05, 0.1) is 0 Å². The van der Waals surface area contributed by atoms with Crippen LogP contribution in [0.3, 0.4) is 0 Å². The molecule has 0 spiro atoms. The van der Waals surface area contributed by atoms with E-state index in [1.165, 1.54) is 18.4 Å². The van der Waals surface area contributed by atoms with Crippen LogP contribution in [0.25, 0.3) is 0 Å². The summed E-state index contributed by atoms with van der Waals surface area (Å²) in [5, 5.41) is 0. The van der Waals surface area contributed by atoms with Gasteiger partial charge in [0, 0.05) is 25.6 Å². The lowest BCUT2D eigenvalue weighted by Crippen LogP contribution is -2.36. The molecular formula is C13H23NO. The molecular weight excluding hydrogens is 186 g/mol. The zero-order chi connectivity index (χ0) is 11.4. The van der Waals surface area contributed by atoms with Gasteiger partial charge < -0.3 is 4.90 Å². The fourth-order valence-electron chi connectivity index (χ4n) is 2.02. The predicted molar refractivity (Wildman–Crippen MR) is 63.9 cm³/mol. The molecule has 1 fully saturated rings. The van der Waals surface area contributed by atoms with E-state index in [4.69, 9.17) is 0 Å². The molecule has 0 aromatic heterocycles. The molecule has 1 saturated heterocycles. The molecule has 0 aromatic rings. The van der Waals surface area contributed by atoms with Gasteiger partial charge in [-0.2, -0.15) is 0 Å². The number of allylic oxidation sites excluding steroid dienone is 1. The number of Topliss-reactive ketones (excluding diaryl/α,β-unsaturated/α-hetero) is 1. The number of ketones is 1. The van der Waals surface area contributed by atoms with Crippen LogP contribution in [0, 0.1) is 5.92 Å². The first-order chi connectivity index (χ1) is 7.00. The molecule has 0 aromatic carbocycles. The van der Waals surface area contributed by atoms with E-state index in [2.05, 4.69) is 18.7 Å². The lowest BCUT2D eigenvalue weighted by molar-refractivity contribution is -0.120. The molecule has 0 bridgehead atoms. The summed E-state index contributed by atoms with van der Waals surface area (Å²) in [6.07, 6.45) is 2.37. The van der Waals surface area contributed by atoms with Crippen LogP contribution < -0.4 is 0 Å². The third kappa shape index (κ3) is 3.78. The Morgan fingerprint density at radius 3 is 2.20 bits per heavy atom. The number of likely N-dealkylation sites (tertiary alicyclic amines) is 1. The summed E-state index contributed by atoms with van der Waals surface area (Å²) in [6.45, 7) is 11.3. The maximum absolute atomic E-state index is 11.2. The molecule has 2 heteroatoms. The minimum absolute atomic E-state index is 0.193. The van der Waals surface area contributed by atoms with Crippen LogP contribution in [-0.4, -0.2) is 30.3 Å². The van der Waals surface area contributed by atoms with Crippen LogP contribution in [0.15, 0.2) is 11.1 Å². The molecule has 0 amide bonds. The number of nitrogens with zero attached hydrogens (tertiary/aromatic N) is 1. The first kappa shape index (κ1) is 12.4. The van der Waals surface area contributed by atoms with Gasteiger partial charge in [0.15, 0.2) is 0 Å². The fraction of sp³-hybridized carbons (Fsp3) is 0.769. The van der Waals surface area contributed by atoms with Crippen molar-refractivity contribution in [3.8, 4) is 0 Å². The second-order valence-corrected chi connectivity index (χ2v) is 4.92. The summed E-state index contributed by atoms with van der Waals surface area (Å²) in [6, 6.07) is 0. The summed E-state index contributed by atoms with van der Waals surface area (Å²) in [4.78, 5) is 13.6. The van der Waals surface area contributed by atoms with Gasteiger partial charge in [0.1, 0.15) is 5.78 Å². The van der Waals surface area contributed by atoms with Gasteiger partial charge in [-0.3, -0.25) is 4.79 Å². The van der Waals surface area contributed by atoms with Crippen molar-refractivity contribution in [2.45, 2.75) is 40.5 Å². The van der Waals surface area contributed by atoms with Crippen LogP contribution in [0.4, 0.5) is 0 Å². The second kappa shape index (κ2) is 5.45. The number of carbonyl (C=O) groups excluding carboxylic acids is 1. The molecule has 86 valence electrons. The summed E-state index contributed by atoms with van der Waals surface area (Å²) < 4.78 is 0. The van der Waals surface area contributed by atoms with Crippen LogP contribution in [0.1, 0.15) is 40.5 Å². The first-order valence-electron chi connectivity index (χ1n) is 5.88. The molecule has 2 nitrogen and oxygen atoms in total. The van der Waals surface area contributed by atoms with Gasteiger partial charge in [-0.15, -0.1) is 0 Å². The lowest BCUT2D eigenvalue weighted by Gasteiger charge is -2.30. The fourth-order valence-corrected chi connectivity index (χ4v) is 2.02. The van der Waals surface area contributed by atoms with Crippen molar-refractivity contribution in [1.82, 2.24) is 4.90 Å². The molecule has 1 unspecified atom stereocenters. The highest BCUT2D eigenvalue weighted by Crippen LogP contribution is 2.20. The number of piperidine rings is 1. The van der Waals surface area contributed by atoms with E-state index in [1.807, 2.05) is 6.92 Å². The molecule has 0 aliphatic carbocycles. The lowest BCUT2D eigenvalue weighted by atomic mass is 9.98. The van der Waals surface area contributed by atoms with Crippen LogP contribution in [0.2, 0.25) is 0 Å². The van der Waals surface area contributed by atoms with Gasteiger partial charge in [0.2, 0.25) is 0 Å². The molecule has 0 N–H and O–H groups in total. The van der Waals surface area contributed by atoms with Gasteiger partial charge in [-0.1, -0.05) is 18.1 Å². The number of rotatable bonds is 3. The van der Waals surface area contributed by atoms with Crippen molar-refractivity contribution in [3.63, 3.8) is 0 Å². The topological polar surface area (TPSA) is 20.3 Å². The van der Waals surface area contributed by atoms with Crippen LogP contribution in [0.5, 0.6) is 0 Å². The predicted octanol–water partition coefficient (Wildman–Crippen LogP) is 2.64. The standard InChI is InChI=1S/C13H23NO/c1-10(2)13-5-7-14(8-6-13)9-11(3)12(4)15/h11H,5-9H2,1-4H3. The summed E-state index contributed by atoms with van der Waals surface area (Å²) >= 11 is 0. The first-order valence-corrected chi connectivity index (χ1v) is 5.88. The number of hydrogen-bond acceptors (Lipinski definition) is 2. The highest BCUT2D eigenvalue weighted by Gasteiger charge is 2.18. The molecule has 1 rings (SSSR count). The van der Waals surface area contributed by atoms with E-state index < -0.39 is 0 Å². The number of hydrogen-bond donors (Lipinski definition) is 0. The molecule has 1 aliphatic rings. The van der Waals surface area contributed by atoms with Gasteiger partial charge >= 0.3 is 0 Å². The Morgan fingerprint density at radius 1 is 1.27 bits per heavy atom. The Labute approximate surface area is 93.3 Å². The SMILES string of the molecule is CC(=O)C(C)CN1CCC(=C(C)C)CC1. The molecule has 15 heavy (non-hydrogen) atoms. The average molecular weight is 209 g/mol. The highest BCUT2D eigenvalue weighted by molar-refractivity contribution is 5.78. The summed E-state index contributed by atoms with van der Waals surface area (Å²) in [5.41, 5.74) is 3.09. The van der Waals surface area contributed by atoms with Gasteiger partial charge in [-0.25, -0.2) is 0 Å². The van der Waals surface area contributed by atoms with Crippen LogP contribution >= 0.6 is 0 Å². The molecule has 0 radical (unpaired) electrons. The number of carbonyl (C=O) groups is 1. The normalized spacial score (nSPS) is 20.1. The highest BCUT2D eigenvalue weighted by atomic mass is 16.1. The minimum Gasteiger partial charge on any atom is -0.302 e. The molecule has 1 heterocycles. The Bertz CT molecular complexity index is 254. The van der Waals surface area contributed by atoms with Crippen molar-refractivity contribution in [1.29, 1.82) is 0 Å². The maximum Gasteiger partial charge on any atom is 0.133 e. The van der Waals surface area contributed by atoms with E-state index >= 15 is 0 Å². The third-order valence-corrected chi connectivity index (χ3v) is 3.39. The Kier molecular flexibility index (Phi) is 4.52. The Balaban J connectivity index is 2.38. The molecule has 1 atom stereocenters. The van der Waals surface area contributed by atoms with Crippen LogP contribution in [-0.2, 0) is 4.79 Å². The molecule has 0 saturated carbocycles. The largest absolute Gasteiger partial charge is 0.302 e. The van der Waals surface area contributed by atoms with Crippen molar-refractivity contribution in [2.75, 3.05) is 19.6 Å². The van der Waals surface area contributed by atoms with E-state index in [0.717, 1.165) is 19.6 Å². The third-order valence-electron chi connectivity index (χ3n) is 3.39. The maximum atomic E-state index is 11.2. The molecule has 1 aliphatic heterocycles. The quantitative estimate of drug-likeness (QED) is 0.666. The zero-order valence-electron chi connectivity index (χ0n) is 10.5. The van der Waals surface area contributed by atoms with E-state index in [-0.39, 0.29) is 5.92 Å². The van der Waals surface area contributed by atoms with E-state index in [0.29, 0.717) is 5.78 Å². The Hall–Kier alpha value is -0.630.